The van der Waals surface area contributed by atoms with Gasteiger partial charge < -0.3 is 0 Å². The van der Waals surface area contributed by atoms with Gasteiger partial charge in [0.1, 0.15) is 0 Å². The summed E-state index contributed by atoms with van der Waals surface area (Å²) in [6, 6.07) is 12.4. The van der Waals surface area contributed by atoms with E-state index < -0.39 is 11.6 Å². The first-order valence-corrected chi connectivity index (χ1v) is 7.28. The standard InChI is InChI=1S/C16H15BrF2/c1-11-2-5-13(6-3-11)14(10-17)8-12-4-7-15(18)16(19)9-12/h2-7,9,14H,8,10H2,1H3. The molecule has 0 nitrogen and oxygen atoms in total. The highest BCUT2D eigenvalue weighted by molar-refractivity contribution is 9.09. The lowest BCUT2D eigenvalue weighted by molar-refractivity contribution is 0.506. The van der Waals surface area contributed by atoms with Crippen molar-refractivity contribution in [3.8, 4) is 0 Å². The summed E-state index contributed by atoms with van der Waals surface area (Å²) in [5.74, 6) is -1.32. The second-order valence-electron chi connectivity index (χ2n) is 4.71. The van der Waals surface area contributed by atoms with Gasteiger partial charge in [0.25, 0.3) is 0 Å². The minimum absolute atomic E-state index is 0.255. The van der Waals surface area contributed by atoms with Crippen LogP contribution in [-0.2, 0) is 6.42 Å². The van der Waals surface area contributed by atoms with Gasteiger partial charge in [-0.15, -0.1) is 0 Å². The molecule has 0 bridgehead atoms. The van der Waals surface area contributed by atoms with E-state index in [4.69, 9.17) is 0 Å². The monoisotopic (exact) mass is 324 g/mol. The van der Waals surface area contributed by atoms with Crippen LogP contribution in [0.3, 0.4) is 0 Å². The molecular weight excluding hydrogens is 310 g/mol. The Morgan fingerprint density at radius 3 is 2.26 bits per heavy atom. The van der Waals surface area contributed by atoms with Gasteiger partial charge in [0.05, 0.1) is 0 Å². The Hall–Kier alpha value is -1.22. The first-order valence-electron chi connectivity index (χ1n) is 6.16. The average molecular weight is 325 g/mol. The maximum Gasteiger partial charge on any atom is 0.159 e. The van der Waals surface area contributed by atoms with Crippen molar-refractivity contribution in [2.45, 2.75) is 19.3 Å². The molecule has 3 heteroatoms. The molecule has 0 amide bonds. The molecular formula is C16H15BrF2. The fraction of sp³-hybridized carbons (Fsp3) is 0.250. The van der Waals surface area contributed by atoms with Crippen molar-refractivity contribution in [1.29, 1.82) is 0 Å². The summed E-state index contributed by atoms with van der Waals surface area (Å²) in [5, 5.41) is 0.787. The summed E-state index contributed by atoms with van der Waals surface area (Å²) in [5.41, 5.74) is 3.22. The summed E-state index contributed by atoms with van der Waals surface area (Å²) in [7, 11) is 0. The quantitative estimate of drug-likeness (QED) is 0.695. The Kier molecular flexibility index (Phi) is 4.70. The number of hydrogen-bond donors (Lipinski definition) is 0. The molecule has 19 heavy (non-hydrogen) atoms. The lowest BCUT2D eigenvalue weighted by Crippen LogP contribution is -2.05. The Morgan fingerprint density at radius 1 is 1.00 bits per heavy atom. The van der Waals surface area contributed by atoms with E-state index in [9.17, 15) is 8.78 Å². The number of hydrogen-bond acceptors (Lipinski definition) is 0. The lowest BCUT2D eigenvalue weighted by atomic mass is 9.93. The van der Waals surface area contributed by atoms with E-state index in [1.54, 1.807) is 6.07 Å². The van der Waals surface area contributed by atoms with Crippen LogP contribution in [0.5, 0.6) is 0 Å². The molecule has 100 valence electrons. The zero-order valence-corrected chi connectivity index (χ0v) is 12.3. The number of halogens is 3. The zero-order chi connectivity index (χ0) is 13.8. The first-order chi connectivity index (χ1) is 9.10. The summed E-state index contributed by atoms with van der Waals surface area (Å²) < 4.78 is 26.1. The molecule has 0 spiro atoms. The van der Waals surface area contributed by atoms with E-state index in [2.05, 4.69) is 40.2 Å². The van der Waals surface area contributed by atoms with Crippen LogP contribution in [0.4, 0.5) is 8.78 Å². The van der Waals surface area contributed by atoms with Gasteiger partial charge in [-0.25, -0.2) is 8.78 Å². The Balaban J connectivity index is 2.18. The molecule has 0 saturated heterocycles. The van der Waals surface area contributed by atoms with Crippen LogP contribution in [0, 0.1) is 18.6 Å². The molecule has 1 unspecified atom stereocenters. The van der Waals surface area contributed by atoms with Gasteiger partial charge in [-0.05, 0) is 42.5 Å². The Bertz CT molecular complexity index is 549. The number of alkyl halides is 1. The molecule has 2 aromatic carbocycles. The van der Waals surface area contributed by atoms with Gasteiger partial charge in [0.2, 0.25) is 0 Å². The maximum absolute atomic E-state index is 13.2. The van der Waals surface area contributed by atoms with Crippen LogP contribution in [0.1, 0.15) is 22.6 Å². The van der Waals surface area contributed by atoms with E-state index >= 15 is 0 Å². The summed E-state index contributed by atoms with van der Waals surface area (Å²) in [4.78, 5) is 0. The van der Waals surface area contributed by atoms with Crippen LogP contribution in [0.2, 0.25) is 0 Å². The predicted octanol–water partition coefficient (Wildman–Crippen LogP) is 4.99. The normalized spacial score (nSPS) is 12.4. The summed E-state index contributed by atoms with van der Waals surface area (Å²) in [6.45, 7) is 2.04. The smallest absolute Gasteiger partial charge is 0.159 e. The molecule has 0 fully saturated rings. The van der Waals surface area contributed by atoms with Crippen LogP contribution in [0.15, 0.2) is 42.5 Å². The van der Waals surface area contributed by atoms with Gasteiger partial charge >= 0.3 is 0 Å². The van der Waals surface area contributed by atoms with Crippen LogP contribution >= 0.6 is 15.9 Å². The zero-order valence-electron chi connectivity index (χ0n) is 10.7. The second kappa shape index (κ2) is 6.29. The summed E-state index contributed by atoms with van der Waals surface area (Å²) >= 11 is 3.49. The van der Waals surface area contributed by atoms with Crippen LogP contribution in [-0.4, -0.2) is 5.33 Å². The van der Waals surface area contributed by atoms with Crippen molar-refractivity contribution in [3.63, 3.8) is 0 Å². The molecule has 0 aromatic heterocycles. The highest BCUT2D eigenvalue weighted by Gasteiger charge is 2.12. The molecule has 0 aliphatic carbocycles. The maximum atomic E-state index is 13.2. The van der Waals surface area contributed by atoms with Crippen molar-refractivity contribution in [3.05, 3.63) is 70.8 Å². The molecule has 0 aliphatic rings. The fourth-order valence-electron chi connectivity index (χ4n) is 2.05. The van der Waals surface area contributed by atoms with Crippen molar-refractivity contribution in [1.82, 2.24) is 0 Å². The third-order valence-electron chi connectivity index (χ3n) is 3.20. The fourth-order valence-corrected chi connectivity index (χ4v) is 2.65. The third-order valence-corrected chi connectivity index (χ3v) is 3.98. The predicted molar refractivity (Wildman–Crippen MR) is 77.8 cm³/mol. The van der Waals surface area contributed by atoms with E-state index in [0.717, 1.165) is 10.9 Å². The molecule has 2 rings (SSSR count). The van der Waals surface area contributed by atoms with E-state index in [1.807, 2.05) is 6.92 Å². The van der Waals surface area contributed by atoms with Gasteiger partial charge in [0.15, 0.2) is 11.6 Å². The lowest BCUT2D eigenvalue weighted by Gasteiger charge is -2.15. The van der Waals surface area contributed by atoms with Gasteiger partial charge in [-0.2, -0.15) is 0 Å². The molecule has 2 aromatic rings. The van der Waals surface area contributed by atoms with Crippen LogP contribution < -0.4 is 0 Å². The van der Waals surface area contributed by atoms with Crippen molar-refractivity contribution < 1.29 is 8.78 Å². The van der Waals surface area contributed by atoms with Gasteiger partial charge in [-0.3, -0.25) is 0 Å². The van der Waals surface area contributed by atoms with Gasteiger partial charge in [0, 0.05) is 5.33 Å². The minimum atomic E-state index is -0.797. The highest BCUT2D eigenvalue weighted by atomic mass is 79.9. The molecule has 0 heterocycles. The van der Waals surface area contributed by atoms with E-state index in [1.165, 1.54) is 23.3 Å². The number of aryl methyl sites for hydroxylation is 1. The third kappa shape index (κ3) is 3.63. The topological polar surface area (TPSA) is 0 Å². The largest absolute Gasteiger partial charge is 0.204 e. The second-order valence-corrected chi connectivity index (χ2v) is 5.36. The van der Waals surface area contributed by atoms with Gasteiger partial charge in [-0.1, -0.05) is 51.8 Å². The number of rotatable bonds is 4. The number of benzene rings is 2. The van der Waals surface area contributed by atoms with E-state index in [-0.39, 0.29) is 5.92 Å². The van der Waals surface area contributed by atoms with Crippen LogP contribution in [0.25, 0.3) is 0 Å². The van der Waals surface area contributed by atoms with Crippen molar-refractivity contribution in [2.75, 3.05) is 5.33 Å². The molecule has 1 atom stereocenters. The SMILES string of the molecule is Cc1ccc(C(CBr)Cc2ccc(F)c(F)c2)cc1. The summed E-state index contributed by atoms with van der Waals surface area (Å²) in [6.07, 6.45) is 0.686. The van der Waals surface area contributed by atoms with Crippen molar-refractivity contribution in [2.24, 2.45) is 0 Å². The Morgan fingerprint density at radius 2 is 1.68 bits per heavy atom. The average Bonchev–Trinajstić information content (AvgIpc) is 2.41. The molecule has 0 aliphatic heterocycles. The highest BCUT2D eigenvalue weighted by Crippen LogP contribution is 2.24. The van der Waals surface area contributed by atoms with E-state index in [0.29, 0.717) is 6.42 Å². The Labute approximate surface area is 120 Å². The van der Waals surface area contributed by atoms with Crippen molar-refractivity contribution >= 4 is 15.9 Å². The molecule has 0 radical (unpaired) electrons. The molecule has 0 saturated carbocycles. The first kappa shape index (κ1) is 14.2. The minimum Gasteiger partial charge on any atom is -0.204 e. The molecule has 0 N–H and O–H groups in total.